The number of nitrogens with zero attached hydrogens (tertiary/aromatic N) is 1. The number of halogens is 1. The molecule has 0 heterocycles. The molecule has 16 heavy (non-hydrogen) atoms. The molecule has 0 saturated carbocycles. The van der Waals surface area contributed by atoms with E-state index in [1.807, 2.05) is 6.92 Å². The Morgan fingerprint density at radius 1 is 1.56 bits per heavy atom. The highest BCUT2D eigenvalue weighted by molar-refractivity contribution is 5.22. The molecule has 0 amide bonds. The van der Waals surface area contributed by atoms with Gasteiger partial charge < -0.3 is 10.1 Å². The van der Waals surface area contributed by atoms with Gasteiger partial charge in [-0.2, -0.15) is 5.26 Å². The molecule has 1 aromatic carbocycles. The van der Waals surface area contributed by atoms with Crippen molar-refractivity contribution in [1.29, 1.82) is 5.26 Å². The molecule has 4 heteroatoms. The van der Waals surface area contributed by atoms with Crippen molar-refractivity contribution in [2.75, 3.05) is 13.2 Å². The maximum atomic E-state index is 12.8. The maximum absolute atomic E-state index is 12.8. The fraction of sp³-hybridized carbons (Fsp3) is 0.417. The molecule has 0 aromatic heterocycles. The third-order valence-electron chi connectivity index (χ3n) is 2.08. The Morgan fingerprint density at radius 2 is 2.38 bits per heavy atom. The van der Waals surface area contributed by atoms with Crippen LogP contribution in [-0.4, -0.2) is 19.2 Å². The monoisotopic (exact) mass is 222 g/mol. The van der Waals surface area contributed by atoms with Gasteiger partial charge in [-0.05, 0) is 18.7 Å². The van der Waals surface area contributed by atoms with Crippen molar-refractivity contribution >= 4 is 0 Å². The van der Waals surface area contributed by atoms with Gasteiger partial charge >= 0.3 is 0 Å². The summed E-state index contributed by atoms with van der Waals surface area (Å²) in [4.78, 5) is 0. The van der Waals surface area contributed by atoms with Gasteiger partial charge in [0.05, 0.1) is 18.7 Å². The highest BCUT2D eigenvalue weighted by atomic mass is 19.1. The Balaban J connectivity index is 2.32. The van der Waals surface area contributed by atoms with E-state index in [0.29, 0.717) is 18.8 Å². The zero-order chi connectivity index (χ0) is 11.8. The molecule has 1 rings (SSSR count). The predicted octanol–water partition coefficient (Wildman–Crippen LogP) is 2.10. The molecule has 86 valence electrons. The molecule has 0 spiro atoms. The number of nitrogens with one attached hydrogen (secondary N) is 1. The lowest BCUT2D eigenvalue weighted by molar-refractivity contribution is 0.297. The average molecular weight is 222 g/mol. The fourth-order valence-corrected chi connectivity index (χ4v) is 1.31. The minimum Gasteiger partial charge on any atom is -0.493 e. The van der Waals surface area contributed by atoms with Crippen LogP contribution in [0.1, 0.15) is 13.3 Å². The van der Waals surface area contributed by atoms with Gasteiger partial charge in [0, 0.05) is 12.5 Å². The Kier molecular flexibility index (Phi) is 5.30. The molecule has 0 saturated heterocycles. The minimum atomic E-state index is -0.319. The zero-order valence-electron chi connectivity index (χ0n) is 9.24. The summed E-state index contributed by atoms with van der Waals surface area (Å²) in [7, 11) is 0. The summed E-state index contributed by atoms with van der Waals surface area (Å²) in [5.41, 5.74) is 0. The van der Waals surface area contributed by atoms with E-state index in [9.17, 15) is 4.39 Å². The predicted molar refractivity (Wildman–Crippen MR) is 59.6 cm³/mol. The molecular formula is C12H15FN2O. The lowest BCUT2D eigenvalue weighted by atomic mass is 10.2. The van der Waals surface area contributed by atoms with E-state index in [2.05, 4.69) is 11.4 Å². The van der Waals surface area contributed by atoms with E-state index in [4.69, 9.17) is 10.00 Å². The van der Waals surface area contributed by atoms with Crippen LogP contribution in [0.4, 0.5) is 4.39 Å². The smallest absolute Gasteiger partial charge is 0.126 e. The molecule has 1 aromatic rings. The summed E-state index contributed by atoms with van der Waals surface area (Å²) in [5.74, 6) is 0.175. The molecular weight excluding hydrogens is 207 g/mol. The summed E-state index contributed by atoms with van der Waals surface area (Å²) in [6.07, 6.45) is 0.584. The van der Waals surface area contributed by atoms with Crippen molar-refractivity contribution in [3.8, 4) is 11.8 Å². The van der Waals surface area contributed by atoms with Crippen LogP contribution in [0.5, 0.6) is 5.75 Å². The van der Waals surface area contributed by atoms with E-state index in [1.165, 1.54) is 12.1 Å². The van der Waals surface area contributed by atoms with Gasteiger partial charge in [-0.1, -0.05) is 13.0 Å². The second-order valence-electron chi connectivity index (χ2n) is 3.33. The third kappa shape index (κ3) is 4.28. The van der Waals surface area contributed by atoms with Gasteiger partial charge in [0.1, 0.15) is 11.6 Å². The summed E-state index contributed by atoms with van der Waals surface area (Å²) >= 11 is 0. The van der Waals surface area contributed by atoms with Gasteiger partial charge in [-0.15, -0.1) is 0 Å². The lowest BCUT2D eigenvalue weighted by Gasteiger charge is -2.10. The van der Waals surface area contributed by atoms with E-state index < -0.39 is 0 Å². The molecule has 1 unspecified atom stereocenters. The van der Waals surface area contributed by atoms with Crippen molar-refractivity contribution in [1.82, 2.24) is 5.32 Å². The number of nitriles is 1. The molecule has 0 aliphatic heterocycles. The van der Waals surface area contributed by atoms with Gasteiger partial charge in [0.2, 0.25) is 0 Å². The first-order valence-electron chi connectivity index (χ1n) is 5.27. The van der Waals surface area contributed by atoms with E-state index in [0.717, 1.165) is 6.54 Å². The highest BCUT2D eigenvalue weighted by Crippen LogP contribution is 2.12. The third-order valence-corrected chi connectivity index (χ3v) is 2.08. The maximum Gasteiger partial charge on any atom is 0.126 e. The molecule has 1 atom stereocenters. The van der Waals surface area contributed by atoms with Crippen molar-refractivity contribution in [3.63, 3.8) is 0 Å². The lowest BCUT2D eigenvalue weighted by Crippen LogP contribution is -2.28. The average Bonchev–Trinajstić information content (AvgIpc) is 2.28. The van der Waals surface area contributed by atoms with Crippen LogP contribution in [0.15, 0.2) is 24.3 Å². The number of rotatable bonds is 6. The van der Waals surface area contributed by atoms with Crippen LogP contribution in [0.2, 0.25) is 0 Å². The molecule has 0 radical (unpaired) electrons. The summed E-state index contributed by atoms with van der Waals surface area (Å²) in [6.45, 7) is 3.09. The Hall–Kier alpha value is -1.60. The molecule has 0 fully saturated rings. The van der Waals surface area contributed by atoms with Crippen LogP contribution in [-0.2, 0) is 0 Å². The van der Waals surface area contributed by atoms with Crippen molar-refractivity contribution in [2.45, 2.75) is 19.4 Å². The second kappa shape index (κ2) is 6.81. The standard InChI is InChI=1S/C12H15FN2O/c1-2-15-11(9-14)6-7-16-12-5-3-4-10(13)8-12/h3-5,8,11,15H,2,6-7H2,1H3. The summed E-state index contributed by atoms with van der Waals surface area (Å²) < 4.78 is 18.1. The normalized spacial score (nSPS) is 11.8. The zero-order valence-corrected chi connectivity index (χ0v) is 9.24. The van der Waals surface area contributed by atoms with Crippen LogP contribution in [0.25, 0.3) is 0 Å². The summed E-state index contributed by atoms with van der Waals surface area (Å²) in [6, 6.07) is 7.90. The Labute approximate surface area is 94.8 Å². The first kappa shape index (κ1) is 12.5. The molecule has 0 bridgehead atoms. The van der Waals surface area contributed by atoms with Crippen molar-refractivity contribution in [2.24, 2.45) is 0 Å². The quantitative estimate of drug-likeness (QED) is 0.801. The molecule has 0 aliphatic rings. The van der Waals surface area contributed by atoms with Crippen LogP contribution >= 0.6 is 0 Å². The molecule has 3 nitrogen and oxygen atoms in total. The number of benzene rings is 1. The highest BCUT2D eigenvalue weighted by Gasteiger charge is 2.05. The second-order valence-corrected chi connectivity index (χ2v) is 3.33. The largest absolute Gasteiger partial charge is 0.493 e. The summed E-state index contributed by atoms with van der Waals surface area (Å²) in [5, 5.41) is 11.8. The Bertz CT molecular complexity index is 362. The SMILES string of the molecule is CCNC(C#N)CCOc1cccc(F)c1. The molecule has 1 N–H and O–H groups in total. The fourth-order valence-electron chi connectivity index (χ4n) is 1.31. The number of ether oxygens (including phenoxy) is 1. The Morgan fingerprint density at radius 3 is 3.00 bits per heavy atom. The van der Waals surface area contributed by atoms with E-state index in [-0.39, 0.29) is 11.9 Å². The van der Waals surface area contributed by atoms with Gasteiger partial charge in [0.15, 0.2) is 0 Å². The minimum absolute atomic E-state index is 0.210. The van der Waals surface area contributed by atoms with Gasteiger partial charge in [-0.3, -0.25) is 0 Å². The molecule has 0 aliphatic carbocycles. The van der Waals surface area contributed by atoms with E-state index >= 15 is 0 Å². The van der Waals surface area contributed by atoms with Crippen molar-refractivity contribution < 1.29 is 9.13 Å². The van der Waals surface area contributed by atoms with Gasteiger partial charge in [0.25, 0.3) is 0 Å². The van der Waals surface area contributed by atoms with Crippen LogP contribution in [0.3, 0.4) is 0 Å². The first-order valence-corrected chi connectivity index (χ1v) is 5.27. The van der Waals surface area contributed by atoms with Crippen molar-refractivity contribution in [3.05, 3.63) is 30.1 Å². The van der Waals surface area contributed by atoms with Crippen LogP contribution in [0, 0.1) is 17.1 Å². The number of hydrogen-bond acceptors (Lipinski definition) is 3. The first-order chi connectivity index (χ1) is 7.76. The van der Waals surface area contributed by atoms with E-state index in [1.54, 1.807) is 12.1 Å². The topological polar surface area (TPSA) is 45.0 Å². The van der Waals surface area contributed by atoms with Crippen LogP contribution < -0.4 is 10.1 Å². The van der Waals surface area contributed by atoms with Gasteiger partial charge in [-0.25, -0.2) is 4.39 Å². The number of hydrogen-bond donors (Lipinski definition) is 1.